The maximum Gasteiger partial charge on any atom is 0.257 e. The zero-order valence-electron chi connectivity index (χ0n) is 15.6. The normalized spacial score (nSPS) is 13.9. The molecular weight excluding hydrogens is 382 g/mol. The first kappa shape index (κ1) is 17.0. The van der Waals surface area contributed by atoms with E-state index in [4.69, 9.17) is 16.3 Å². The zero-order chi connectivity index (χ0) is 19.4. The molecular formula is C17H18ClN9O. The first-order chi connectivity index (χ1) is 13.5. The molecule has 11 heteroatoms. The van der Waals surface area contributed by atoms with Gasteiger partial charge < -0.3 is 10.1 Å². The van der Waals surface area contributed by atoms with Crippen LogP contribution in [0.2, 0.25) is 5.15 Å². The van der Waals surface area contributed by atoms with E-state index in [9.17, 15) is 0 Å². The van der Waals surface area contributed by atoms with Crippen molar-refractivity contribution in [1.29, 1.82) is 0 Å². The second-order valence-corrected chi connectivity index (χ2v) is 7.12. The third-order valence-electron chi connectivity index (χ3n) is 4.70. The maximum absolute atomic E-state index is 6.21. The van der Waals surface area contributed by atoms with Crippen molar-refractivity contribution in [3.8, 4) is 11.7 Å². The van der Waals surface area contributed by atoms with Gasteiger partial charge in [0.1, 0.15) is 5.69 Å². The molecule has 144 valence electrons. The molecule has 0 saturated carbocycles. The fourth-order valence-corrected chi connectivity index (χ4v) is 3.59. The van der Waals surface area contributed by atoms with Crippen molar-refractivity contribution in [2.45, 2.75) is 26.8 Å². The fourth-order valence-electron chi connectivity index (χ4n) is 3.37. The third kappa shape index (κ3) is 2.60. The molecule has 10 nitrogen and oxygen atoms in total. The van der Waals surface area contributed by atoms with Crippen LogP contribution in [0, 0.1) is 13.8 Å². The Bertz CT molecular complexity index is 1210. The predicted molar refractivity (Wildman–Crippen MR) is 104 cm³/mol. The van der Waals surface area contributed by atoms with E-state index in [1.807, 2.05) is 27.1 Å². The minimum Gasteiger partial charge on any atom is -0.475 e. The third-order valence-corrected chi connectivity index (χ3v) is 4.98. The first-order valence-electron chi connectivity index (χ1n) is 8.90. The van der Waals surface area contributed by atoms with E-state index in [1.54, 1.807) is 20.2 Å². The van der Waals surface area contributed by atoms with Gasteiger partial charge in [0, 0.05) is 38.0 Å². The van der Waals surface area contributed by atoms with Crippen LogP contribution in [-0.2, 0) is 13.6 Å². The van der Waals surface area contributed by atoms with Gasteiger partial charge in [-0.25, -0.2) is 14.3 Å². The molecule has 1 aliphatic rings. The standard InChI is InChI=1S/C17H18ClN9O/c1-9-8-25(3)23-14(9)27-10(2)12-16(24-27)28-6-4-5-26-15-11(13(18)22-26)7-19-17(20-12)21-15/h7-8H,4-6H2,1-3H3,(H,19,20,21). The SMILES string of the molecule is Cc1cn(C)nc1-n1nc2c(c1C)Nc1ncc3c(Cl)nn(c3n1)CCCO2. The van der Waals surface area contributed by atoms with Crippen LogP contribution in [0.3, 0.4) is 0 Å². The summed E-state index contributed by atoms with van der Waals surface area (Å²) in [4.78, 5) is 8.98. The quantitative estimate of drug-likeness (QED) is 0.524. The average molecular weight is 400 g/mol. The molecule has 0 radical (unpaired) electrons. The van der Waals surface area contributed by atoms with Crippen molar-refractivity contribution in [3.63, 3.8) is 0 Å². The highest BCUT2D eigenvalue weighted by atomic mass is 35.5. The van der Waals surface area contributed by atoms with E-state index < -0.39 is 0 Å². The molecule has 0 aromatic carbocycles. The second kappa shape index (κ2) is 6.20. The smallest absolute Gasteiger partial charge is 0.257 e. The van der Waals surface area contributed by atoms with Crippen LogP contribution in [0.1, 0.15) is 17.7 Å². The van der Waals surface area contributed by atoms with E-state index in [2.05, 4.69) is 30.6 Å². The molecule has 28 heavy (non-hydrogen) atoms. The molecule has 1 aliphatic heterocycles. The van der Waals surface area contributed by atoms with Gasteiger partial charge in [-0.3, -0.25) is 4.68 Å². The van der Waals surface area contributed by atoms with Gasteiger partial charge in [0.2, 0.25) is 5.95 Å². The molecule has 0 spiro atoms. The van der Waals surface area contributed by atoms with Crippen molar-refractivity contribution in [2.75, 3.05) is 11.9 Å². The Hall–Kier alpha value is -3.14. The van der Waals surface area contributed by atoms with Crippen LogP contribution in [-0.4, -0.2) is 45.9 Å². The van der Waals surface area contributed by atoms with E-state index in [1.165, 1.54) is 0 Å². The largest absolute Gasteiger partial charge is 0.475 e. The van der Waals surface area contributed by atoms with Gasteiger partial charge in [-0.05, 0) is 13.8 Å². The van der Waals surface area contributed by atoms with Crippen molar-refractivity contribution >= 4 is 34.3 Å². The van der Waals surface area contributed by atoms with Crippen LogP contribution >= 0.6 is 11.6 Å². The van der Waals surface area contributed by atoms with E-state index in [0.29, 0.717) is 41.5 Å². The number of nitrogens with zero attached hydrogens (tertiary/aromatic N) is 8. The van der Waals surface area contributed by atoms with Crippen molar-refractivity contribution < 1.29 is 4.74 Å². The summed E-state index contributed by atoms with van der Waals surface area (Å²) in [5.41, 5.74) is 3.27. The number of aromatic nitrogens is 8. The molecule has 2 bridgehead atoms. The number of nitrogens with one attached hydrogen (secondary N) is 1. The average Bonchev–Trinajstić information content (AvgIpc) is 3.26. The number of rotatable bonds is 1. The number of hydrogen-bond donors (Lipinski definition) is 1. The van der Waals surface area contributed by atoms with Gasteiger partial charge in [0.15, 0.2) is 16.6 Å². The Kier molecular flexibility index (Phi) is 3.76. The molecule has 4 aromatic rings. The molecule has 1 N–H and O–H groups in total. The lowest BCUT2D eigenvalue weighted by molar-refractivity contribution is 0.288. The maximum atomic E-state index is 6.21. The minimum absolute atomic E-state index is 0.398. The molecule has 0 saturated heterocycles. The lowest BCUT2D eigenvalue weighted by atomic mass is 10.3. The molecule has 0 unspecified atom stereocenters. The fraction of sp³-hybridized carbons (Fsp3) is 0.353. The summed E-state index contributed by atoms with van der Waals surface area (Å²) in [6.07, 6.45) is 4.36. The summed E-state index contributed by atoms with van der Waals surface area (Å²) < 4.78 is 11.3. The number of hydrogen-bond acceptors (Lipinski definition) is 7. The van der Waals surface area contributed by atoms with Crippen molar-refractivity contribution in [1.82, 2.24) is 39.3 Å². The van der Waals surface area contributed by atoms with E-state index >= 15 is 0 Å². The van der Waals surface area contributed by atoms with Crippen LogP contribution in [0.4, 0.5) is 11.6 Å². The Morgan fingerprint density at radius 1 is 1.21 bits per heavy atom. The van der Waals surface area contributed by atoms with Gasteiger partial charge in [-0.15, -0.1) is 5.10 Å². The van der Waals surface area contributed by atoms with Crippen molar-refractivity contribution in [2.24, 2.45) is 7.05 Å². The van der Waals surface area contributed by atoms with Gasteiger partial charge in [0.05, 0.1) is 17.7 Å². The minimum atomic E-state index is 0.398. The lowest BCUT2D eigenvalue weighted by Gasteiger charge is -2.06. The van der Waals surface area contributed by atoms with Gasteiger partial charge in [-0.2, -0.15) is 15.2 Å². The summed E-state index contributed by atoms with van der Waals surface area (Å²) in [6, 6.07) is 0. The monoisotopic (exact) mass is 399 g/mol. The van der Waals surface area contributed by atoms with Gasteiger partial charge >= 0.3 is 0 Å². The van der Waals surface area contributed by atoms with E-state index in [-0.39, 0.29) is 0 Å². The molecule has 5 heterocycles. The Labute approximate surface area is 165 Å². The number of ether oxygens (including phenoxy) is 1. The van der Waals surface area contributed by atoms with Crippen LogP contribution in [0.15, 0.2) is 12.4 Å². The molecule has 4 aromatic heterocycles. The summed E-state index contributed by atoms with van der Waals surface area (Å²) in [7, 11) is 1.88. The van der Waals surface area contributed by atoms with E-state index in [0.717, 1.165) is 28.9 Å². The molecule has 0 amide bonds. The molecule has 0 aliphatic carbocycles. The topological polar surface area (TPSA) is 100 Å². The summed E-state index contributed by atoms with van der Waals surface area (Å²) in [5.74, 6) is 1.67. The predicted octanol–water partition coefficient (Wildman–Crippen LogP) is 2.54. The summed E-state index contributed by atoms with van der Waals surface area (Å²) >= 11 is 6.21. The number of halogens is 1. The Morgan fingerprint density at radius 2 is 2.07 bits per heavy atom. The van der Waals surface area contributed by atoms with Crippen LogP contribution < -0.4 is 10.1 Å². The number of aryl methyl sites for hydroxylation is 3. The number of fused-ring (bicyclic) bond motifs is 2. The Balaban J connectivity index is 1.65. The molecule has 0 atom stereocenters. The lowest BCUT2D eigenvalue weighted by Crippen LogP contribution is -2.07. The molecule has 5 rings (SSSR count). The van der Waals surface area contributed by atoms with Gasteiger partial charge in [0.25, 0.3) is 5.88 Å². The summed E-state index contributed by atoms with van der Waals surface area (Å²) in [6.45, 7) is 5.07. The first-order valence-corrected chi connectivity index (χ1v) is 9.28. The highest BCUT2D eigenvalue weighted by Gasteiger charge is 2.22. The van der Waals surface area contributed by atoms with Crippen molar-refractivity contribution in [3.05, 3.63) is 28.8 Å². The number of anilines is 2. The zero-order valence-corrected chi connectivity index (χ0v) is 16.4. The van der Waals surface area contributed by atoms with Gasteiger partial charge in [-0.1, -0.05) is 11.6 Å². The summed E-state index contributed by atoms with van der Waals surface area (Å²) in [5, 5.41) is 17.9. The highest BCUT2D eigenvalue weighted by Crippen LogP contribution is 2.33. The van der Waals surface area contributed by atoms with Crippen LogP contribution in [0.25, 0.3) is 16.9 Å². The highest BCUT2D eigenvalue weighted by molar-refractivity contribution is 6.34. The second-order valence-electron chi connectivity index (χ2n) is 6.76. The Morgan fingerprint density at radius 3 is 2.86 bits per heavy atom. The van der Waals surface area contributed by atoms with Crippen LogP contribution in [0.5, 0.6) is 5.88 Å². The molecule has 0 fully saturated rings.